The number of rotatable bonds is 8. The zero-order valence-corrected chi connectivity index (χ0v) is 11.7. The predicted octanol–water partition coefficient (Wildman–Crippen LogP) is 3.60. The first-order valence-electron chi connectivity index (χ1n) is 6.16. The van der Waals surface area contributed by atoms with E-state index in [4.69, 9.17) is 5.73 Å². The Kier molecular flexibility index (Phi) is 6.94. The highest BCUT2D eigenvalue weighted by atomic mass is 79.9. The Hall–Kier alpha value is -0.830. The van der Waals surface area contributed by atoms with Gasteiger partial charge in [-0.05, 0) is 18.4 Å². The van der Waals surface area contributed by atoms with Crippen molar-refractivity contribution < 1.29 is 4.79 Å². The summed E-state index contributed by atoms with van der Waals surface area (Å²) in [6.07, 6.45) is 5.51. The molecule has 94 valence electrons. The lowest BCUT2D eigenvalue weighted by Crippen LogP contribution is -2.21. The van der Waals surface area contributed by atoms with E-state index in [1.165, 1.54) is 19.3 Å². The normalized spacial score (nSPS) is 12.3. The van der Waals surface area contributed by atoms with Gasteiger partial charge in [0.1, 0.15) is 0 Å². The second-order valence-electron chi connectivity index (χ2n) is 4.26. The molecule has 0 saturated carbocycles. The minimum atomic E-state index is -0.211. The molecule has 0 saturated heterocycles. The fourth-order valence-electron chi connectivity index (χ4n) is 1.96. The van der Waals surface area contributed by atoms with Crippen molar-refractivity contribution >= 4 is 21.8 Å². The molecule has 1 atom stereocenters. The van der Waals surface area contributed by atoms with Crippen molar-refractivity contribution in [1.82, 2.24) is 0 Å². The van der Waals surface area contributed by atoms with Gasteiger partial charge in [-0.15, -0.1) is 0 Å². The third kappa shape index (κ3) is 5.35. The number of carbonyl (C=O) groups excluding carboxylic acids is 1. The summed E-state index contributed by atoms with van der Waals surface area (Å²) in [5.74, 6) is -0.336. The molecule has 1 unspecified atom stereocenters. The molecule has 1 aromatic rings. The molecule has 0 radical (unpaired) electrons. The first-order chi connectivity index (χ1) is 8.25. The van der Waals surface area contributed by atoms with Gasteiger partial charge in [-0.2, -0.15) is 0 Å². The van der Waals surface area contributed by atoms with Crippen LogP contribution in [0, 0.1) is 0 Å². The van der Waals surface area contributed by atoms with Crippen LogP contribution in [0.15, 0.2) is 30.3 Å². The van der Waals surface area contributed by atoms with Crippen LogP contribution in [0.4, 0.5) is 0 Å². The highest BCUT2D eigenvalue weighted by molar-refractivity contribution is 9.09. The first-order valence-corrected chi connectivity index (χ1v) is 7.28. The van der Waals surface area contributed by atoms with E-state index in [0.29, 0.717) is 0 Å². The van der Waals surface area contributed by atoms with Crippen molar-refractivity contribution in [2.45, 2.75) is 38.0 Å². The Morgan fingerprint density at radius 3 is 2.35 bits per heavy atom. The van der Waals surface area contributed by atoms with E-state index in [1.54, 1.807) is 0 Å². The number of primary amides is 1. The molecule has 0 fully saturated rings. The Morgan fingerprint density at radius 2 is 1.76 bits per heavy atom. The highest BCUT2D eigenvalue weighted by Gasteiger charge is 2.16. The average molecular weight is 298 g/mol. The molecule has 1 aromatic carbocycles. The van der Waals surface area contributed by atoms with Gasteiger partial charge in [0.25, 0.3) is 0 Å². The maximum absolute atomic E-state index is 11.4. The Bertz CT molecular complexity index is 326. The zero-order valence-electron chi connectivity index (χ0n) is 10.1. The van der Waals surface area contributed by atoms with Crippen LogP contribution in [0.1, 0.15) is 43.6 Å². The second-order valence-corrected chi connectivity index (χ2v) is 5.05. The van der Waals surface area contributed by atoms with Gasteiger partial charge in [0.05, 0.1) is 5.92 Å². The second kappa shape index (κ2) is 8.29. The number of carbonyl (C=O) groups is 1. The SMILES string of the molecule is NC(=O)C(CCCCCCBr)c1ccccc1. The van der Waals surface area contributed by atoms with Gasteiger partial charge in [-0.25, -0.2) is 0 Å². The third-order valence-corrected chi connectivity index (χ3v) is 3.48. The molecule has 3 heteroatoms. The molecule has 0 heterocycles. The van der Waals surface area contributed by atoms with E-state index >= 15 is 0 Å². The number of unbranched alkanes of at least 4 members (excludes halogenated alkanes) is 3. The summed E-state index contributed by atoms with van der Waals surface area (Å²) in [4.78, 5) is 11.4. The molecule has 0 aliphatic heterocycles. The van der Waals surface area contributed by atoms with E-state index in [0.717, 1.165) is 23.7 Å². The largest absolute Gasteiger partial charge is 0.369 e. The van der Waals surface area contributed by atoms with Gasteiger partial charge >= 0.3 is 0 Å². The van der Waals surface area contributed by atoms with Crippen molar-refractivity contribution in [3.8, 4) is 0 Å². The molecule has 2 N–H and O–H groups in total. The van der Waals surface area contributed by atoms with Crippen LogP contribution < -0.4 is 5.73 Å². The lowest BCUT2D eigenvalue weighted by molar-refractivity contribution is -0.119. The maximum atomic E-state index is 11.4. The van der Waals surface area contributed by atoms with Crippen molar-refractivity contribution in [2.24, 2.45) is 5.73 Å². The van der Waals surface area contributed by atoms with Gasteiger partial charge in [-0.3, -0.25) is 4.79 Å². The summed E-state index contributed by atoms with van der Waals surface area (Å²) in [6.45, 7) is 0. The Morgan fingerprint density at radius 1 is 1.12 bits per heavy atom. The Balaban J connectivity index is 2.42. The smallest absolute Gasteiger partial charge is 0.224 e. The number of nitrogens with two attached hydrogens (primary N) is 1. The number of hydrogen-bond donors (Lipinski definition) is 1. The summed E-state index contributed by atoms with van der Waals surface area (Å²) >= 11 is 3.42. The van der Waals surface area contributed by atoms with E-state index in [1.807, 2.05) is 30.3 Å². The van der Waals surface area contributed by atoms with Gasteiger partial charge in [-0.1, -0.05) is 65.5 Å². The fraction of sp³-hybridized carbons (Fsp3) is 0.500. The first kappa shape index (κ1) is 14.2. The molecule has 1 amide bonds. The lowest BCUT2D eigenvalue weighted by atomic mass is 9.92. The van der Waals surface area contributed by atoms with Crippen LogP contribution in [0.5, 0.6) is 0 Å². The standard InChI is InChI=1S/C14H20BrNO/c15-11-7-2-1-6-10-13(14(16)17)12-8-4-3-5-9-12/h3-5,8-9,13H,1-2,6-7,10-11H2,(H2,16,17). The molecular formula is C14H20BrNO. The molecule has 0 bridgehead atoms. The highest BCUT2D eigenvalue weighted by Crippen LogP contribution is 2.22. The van der Waals surface area contributed by atoms with Gasteiger partial charge in [0.2, 0.25) is 5.91 Å². The molecule has 1 rings (SSSR count). The van der Waals surface area contributed by atoms with Crippen LogP contribution in [-0.2, 0) is 4.79 Å². The monoisotopic (exact) mass is 297 g/mol. The zero-order chi connectivity index (χ0) is 12.5. The van der Waals surface area contributed by atoms with E-state index in [2.05, 4.69) is 15.9 Å². The lowest BCUT2D eigenvalue weighted by Gasteiger charge is -2.13. The van der Waals surface area contributed by atoms with Crippen molar-refractivity contribution in [3.05, 3.63) is 35.9 Å². The van der Waals surface area contributed by atoms with Crippen molar-refractivity contribution in [3.63, 3.8) is 0 Å². The van der Waals surface area contributed by atoms with Gasteiger partial charge in [0, 0.05) is 5.33 Å². The predicted molar refractivity (Wildman–Crippen MR) is 75.3 cm³/mol. The molecule has 0 aliphatic rings. The molecule has 2 nitrogen and oxygen atoms in total. The molecule has 0 spiro atoms. The summed E-state index contributed by atoms with van der Waals surface area (Å²) in [7, 11) is 0. The number of amides is 1. The van der Waals surface area contributed by atoms with E-state index in [-0.39, 0.29) is 11.8 Å². The number of alkyl halides is 1. The molecule has 17 heavy (non-hydrogen) atoms. The van der Waals surface area contributed by atoms with Crippen LogP contribution >= 0.6 is 15.9 Å². The van der Waals surface area contributed by atoms with Gasteiger partial charge in [0.15, 0.2) is 0 Å². The quantitative estimate of drug-likeness (QED) is 0.578. The number of halogens is 1. The fourth-order valence-corrected chi connectivity index (χ4v) is 2.35. The molecule has 0 aromatic heterocycles. The number of benzene rings is 1. The van der Waals surface area contributed by atoms with Gasteiger partial charge < -0.3 is 5.73 Å². The molecular weight excluding hydrogens is 278 g/mol. The minimum Gasteiger partial charge on any atom is -0.369 e. The minimum absolute atomic E-state index is 0.125. The third-order valence-electron chi connectivity index (χ3n) is 2.92. The van der Waals surface area contributed by atoms with E-state index < -0.39 is 0 Å². The number of hydrogen-bond acceptors (Lipinski definition) is 1. The molecule has 0 aliphatic carbocycles. The Labute approximate surface area is 112 Å². The van der Waals surface area contributed by atoms with Crippen molar-refractivity contribution in [2.75, 3.05) is 5.33 Å². The van der Waals surface area contributed by atoms with Crippen LogP contribution in [0.3, 0.4) is 0 Å². The summed E-state index contributed by atoms with van der Waals surface area (Å²) in [5.41, 5.74) is 6.51. The van der Waals surface area contributed by atoms with E-state index in [9.17, 15) is 4.79 Å². The van der Waals surface area contributed by atoms with Crippen LogP contribution in [0.25, 0.3) is 0 Å². The van der Waals surface area contributed by atoms with Crippen molar-refractivity contribution in [1.29, 1.82) is 0 Å². The average Bonchev–Trinajstić information content (AvgIpc) is 2.34. The maximum Gasteiger partial charge on any atom is 0.224 e. The summed E-state index contributed by atoms with van der Waals surface area (Å²) in [5, 5.41) is 1.06. The summed E-state index contributed by atoms with van der Waals surface area (Å²) < 4.78 is 0. The summed E-state index contributed by atoms with van der Waals surface area (Å²) in [6, 6.07) is 9.82. The topological polar surface area (TPSA) is 43.1 Å². The van der Waals surface area contributed by atoms with Crippen LogP contribution in [0.2, 0.25) is 0 Å². The van der Waals surface area contributed by atoms with Crippen LogP contribution in [-0.4, -0.2) is 11.2 Å².